The van der Waals surface area contributed by atoms with Crippen LogP contribution in [-0.4, -0.2) is 18.5 Å². The third kappa shape index (κ3) is 2.10. The molecule has 74 valence electrons. The molecule has 1 aliphatic heterocycles. The molecule has 0 N–H and O–H groups in total. The molecule has 0 saturated heterocycles. The van der Waals surface area contributed by atoms with Crippen LogP contribution in [0.1, 0.15) is 5.56 Å². The first-order valence-electron chi connectivity index (χ1n) is 4.52. The van der Waals surface area contributed by atoms with Crippen molar-refractivity contribution < 1.29 is 9.47 Å². The number of ether oxygens (including phenoxy) is 2. The fourth-order valence-corrected chi connectivity index (χ4v) is 1.53. The zero-order chi connectivity index (χ0) is 9.80. The Hall–Kier alpha value is -0.960. The van der Waals surface area contributed by atoms with E-state index in [-0.39, 0.29) is 0 Å². The van der Waals surface area contributed by atoms with Crippen molar-refractivity contribution in [3.05, 3.63) is 29.8 Å². The highest BCUT2D eigenvalue weighted by Gasteiger charge is 2.10. The van der Waals surface area contributed by atoms with E-state index in [1.165, 1.54) is 0 Å². The molecule has 1 aliphatic rings. The van der Waals surface area contributed by atoms with Crippen molar-refractivity contribution in [2.24, 2.45) is 0 Å². The van der Waals surface area contributed by atoms with Gasteiger partial charge in [0.15, 0.2) is 11.5 Å². The molecular formula is C11H11BrO2. The molecule has 0 unspecified atom stereocenters. The SMILES string of the molecule is BrC/C=C/c1ccc2c(c1)OCCO2. The predicted molar refractivity (Wildman–Crippen MR) is 60.3 cm³/mol. The van der Waals surface area contributed by atoms with Crippen molar-refractivity contribution in [1.29, 1.82) is 0 Å². The molecule has 0 saturated carbocycles. The molecule has 0 spiro atoms. The molecule has 0 fully saturated rings. The van der Waals surface area contributed by atoms with Crippen molar-refractivity contribution in [3.8, 4) is 11.5 Å². The van der Waals surface area contributed by atoms with Gasteiger partial charge in [0.05, 0.1) is 0 Å². The number of rotatable bonds is 2. The second kappa shape index (κ2) is 4.51. The highest BCUT2D eigenvalue weighted by atomic mass is 79.9. The van der Waals surface area contributed by atoms with Crippen molar-refractivity contribution in [3.63, 3.8) is 0 Å². The Morgan fingerprint density at radius 3 is 2.79 bits per heavy atom. The summed E-state index contributed by atoms with van der Waals surface area (Å²) in [7, 11) is 0. The van der Waals surface area contributed by atoms with E-state index in [0.717, 1.165) is 22.4 Å². The van der Waals surface area contributed by atoms with Crippen LogP contribution in [0.25, 0.3) is 6.08 Å². The summed E-state index contributed by atoms with van der Waals surface area (Å²) >= 11 is 3.34. The number of hydrogen-bond acceptors (Lipinski definition) is 2. The van der Waals surface area contributed by atoms with E-state index in [2.05, 4.69) is 15.9 Å². The van der Waals surface area contributed by atoms with Gasteiger partial charge in [-0.05, 0) is 17.7 Å². The minimum atomic E-state index is 0.638. The van der Waals surface area contributed by atoms with Gasteiger partial charge in [-0.15, -0.1) is 0 Å². The lowest BCUT2D eigenvalue weighted by Gasteiger charge is -2.18. The van der Waals surface area contributed by atoms with E-state index in [1.54, 1.807) is 0 Å². The van der Waals surface area contributed by atoms with Crippen molar-refractivity contribution in [2.45, 2.75) is 0 Å². The highest BCUT2D eigenvalue weighted by molar-refractivity contribution is 9.09. The lowest BCUT2D eigenvalue weighted by atomic mass is 10.2. The van der Waals surface area contributed by atoms with Crippen molar-refractivity contribution >= 4 is 22.0 Å². The van der Waals surface area contributed by atoms with Crippen LogP contribution in [-0.2, 0) is 0 Å². The topological polar surface area (TPSA) is 18.5 Å². The Morgan fingerprint density at radius 2 is 2.00 bits per heavy atom. The van der Waals surface area contributed by atoms with Crippen molar-refractivity contribution in [1.82, 2.24) is 0 Å². The molecule has 1 aromatic rings. The molecule has 0 amide bonds. The third-order valence-electron chi connectivity index (χ3n) is 1.97. The maximum Gasteiger partial charge on any atom is 0.161 e. The molecule has 14 heavy (non-hydrogen) atoms. The average molecular weight is 255 g/mol. The lowest BCUT2D eigenvalue weighted by molar-refractivity contribution is 0.171. The summed E-state index contributed by atoms with van der Waals surface area (Å²) in [6.07, 6.45) is 4.10. The van der Waals surface area contributed by atoms with Gasteiger partial charge < -0.3 is 9.47 Å². The average Bonchev–Trinajstić information content (AvgIpc) is 2.26. The fraction of sp³-hybridized carbons (Fsp3) is 0.273. The summed E-state index contributed by atoms with van der Waals surface area (Å²) in [5, 5.41) is 0.863. The molecule has 0 bridgehead atoms. The summed E-state index contributed by atoms with van der Waals surface area (Å²) in [6, 6.07) is 5.96. The van der Waals surface area contributed by atoms with Gasteiger partial charge >= 0.3 is 0 Å². The van der Waals surface area contributed by atoms with Crippen LogP contribution in [0.2, 0.25) is 0 Å². The van der Waals surface area contributed by atoms with Crippen LogP contribution < -0.4 is 9.47 Å². The highest BCUT2D eigenvalue weighted by Crippen LogP contribution is 2.30. The van der Waals surface area contributed by atoms with E-state index in [9.17, 15) is 0 Å². The Labute approximate surface area is 91.7 Å². The summed E-state index contributed by atoms with van der Waals surface area (Å²) in [5.74, 6) is 1.68. The Balaban J connectivity index is 2.24. The number of benzene rings is 1. The van der Waals surface area contributed by atoms with Gasteiger partial charge in [-0.25, -0.2) is 0 Å². The van der Waals surface area contributed by atoms with E-state index >= 15 is 0 Å². The van der Waals surface area contributed by atoms with E-state index in [0.29, 0.717) is 13.2 Å². The number of hydrogen-bond donors (Lipinski definition) is 0. The monoisotopic (exact) mass is 254 g/mol. The van der Waals surface area contributed by atoms with Crippen LogP contribution in [0, 0.1) is 0 Å². The van der Waals surface area contributed by atoms with Crippen LogP contribution in [0.5, 0.6) is 11.5 Å². The first kappa shape index (κ1) is 9.59. The first-order valence-corrected chi connectivity index (χ1v) is 5.64. The van der Waals surface area contributed by atoms with Crippen LogP contribution >= 0.6 is 15.9 Å². The molecule has 1 heterocycles. The quantitative estimate of drug-likeness (QED) is 0.756. The number of allylic oxidation sites excluding steroid dienone is 1. The Bertz CT molecular complexity index is 347. The standard InChI is InChI=1S/C11H11BrO2/c12-5-1-2-9-3-4-10-11(8-9)14-7-6-13-10/h1-4,8H,5-7H2/b2-1+. The van der Waals surface area contributed by atoms with Gasteiger partial charge in [0.25, 0.3) is 0 Å². The molecular weight excluding hydrogens is 244 g/mol. The molecule has 2 rings (SSSR count). The molecule has 1 aromatic carbocycles. The Morgan fingerprint density at radius 1 is 1.21 bits per heavy atom. The minimum Gasteiger partial charge on any atom is -0.486 e. The summed E-state index contributed by atoms with van der Waals surface area (Å²) in [5.41, 5.74) is 1.13. The van der Waals surface area contributed by atoms with Gasteiger partial charge in [0, 0.05) is 5.33 Å². The number of halogens is 1. The van der Waals surface area contributed by atoms with Gasteiger partial charge in [0.2, 0.25) is 0 Å². The second-order valence-corrected chi connectivity index (χ2v) is 3.61. The molecule has 0 aliphatic carbocycles. The molecule has 0 aromatic heterocycles. The molecule has 3 heteroatoms. The van der Waals surface area contributed by atoms with Gasteiger partial charge in [0.1, 0.15) is 13.2 Å². The normalized spacial score (nSPS) is 14.6. The van der Waals surface area contributed by atoms with Gasteiger partial charge in [-0.1, -0.05) is 34.1 Å². The third-order valence-corrected chi connectivity index (χ3v) is 2.34. The molecule has 0 atom stereocenters. The predicted octanol–water partition coefficient (Wildman–Crippen LogP) is 2.87. The lowest BCUT2D eigenvalue weighted by Crippen LogP contribution is -2.15. The first-order chi connectivity index (χ1) is 6.90. The maximum atomic E-state index is 5.47. The van der Waals surface area contributed by atoms with E-state index < -0.39 is 0 Å². The zero-order valence-corrected chi connectivity index (χ0v) is 9.29. The largest absolute Gasteiger partial charge is 0.486 e. The zero-order valence-electron chi connectivity index (χ0n) is 7.70. The summed E-state index contributed by atoms with van der Waals surface area (Å²) in [6.45, 7) is 1.28. The minimum absolute atomic E-state index is 0.638. The molecule has 0 radical (unpaired) electrons. The van der Waals surface area contributed by atoms with Gasteiger partial charge in [-0.2, -0.15) is 0 Å². The maximum absolute atomic E-state index is 5.47. The fourth-order valence-electron chi connectivity index (χ4n) is 1.34. The number of alkyl halides is 1. The van der Waals surface area contributed by atoms with Crippen LogP contribution in [0.15, 0.2) is 24.3 Å². The smallest absolute Gasteiger partial charge is 0.161 e. The van der Waals surface area contributed by atoms with Crippen LogP contribution in [0.3, 0.4) is 0 Å². The second-order valence-electron chi connectivity index (χ2n) is 2.96. The summed E-state index contributed by atoms with van der Waals surface area (Å²) in [4.78, 5) is 0. The van der Waals surface area contributed by atoms with E-state index in [1.807, 2.05) is 30.4 Å². The summed E-state index contributed by atoms with van der Waals surface area (Å²) < 4.78 is 10.9. The van der Waals surface area contributed by atoms with Crippen molar-refractivity contribution in [2.75, 3.05) is 18.5 Å². The van der Waals surface area contributed by atoms with Gasteiger partial charge in [-0.3, -0.25) is 0 Å². The van der Waals surface area contributed by atoms with Crippen LogP contribution in [0.4, 0.5) is 0 Å². The van der Waals surface area contributed by atoms with E-state index in [4.69, 9.17) is 9.47 Å². The molecule has 2 nitrogen and oxygen atoms in total. The Kier molecular flexibility index (Phi) is 3.09. The number of fused-ring (bicyclic) bond motifs is 1.